The summed E-state index contributed by atoms with van der Waals surface area (Å²) in [7, 11) is 0. The zero-order valence-corrected chi connectivity index (χ0v) is 8.65. The lowest BCUT2D eigenvalue weighted by Crippen LogP contribution is -2.23. The molecule has 0 unspecified atom stereocenters. The van der Waals surface area contributed by atoms with Gasteiger partial charge in [0.25, 0.3) is 5.91 Å². The van der Waals surface area contributed by atoms with E-state index >= 15 is 0 Å². The summed E-state index contributed by atoms with van der Waals surface area (Å²) < 4.78 is 4.79. The molecule has 0 aliphatic rings. The Morgan fingerprint density at radius 3 is 3.00 bits per heavy atom. The lowest BCUT2D eigenvalue weighted by atomic mass is 10.2. The average Bonchev–Trinajstić information content (AvgIpc) is 2.84. The van der Waals surface area contributed by atoms with Crippen LogP contribution in [-0.2, 0) is 6.54 Å². The number of nitrogens with two attached hydrogens (primary N) is 1. The first-order valence-corrected chi connectivity index (χ1v) is 4.65. The summed E-state index contributed by atoms with van der Waals surface area (Å²) in [4.78, 5) is 11.7. The highest BCUT2D eigenvalue weighted by Crippen LogP contribution is 2.08. The molecule has 2 heterocycles. The number of aromatic amines is 1. The van der Waals surface area contributed by atoms with Crippen LogP contribution in [0.4, 0.5) is 5.82 Å². The number of nitrogens with zero attached hydrogens (tertiary/aromatic N) is 2. The van der Waals surface area contributed by atoms with Crippen molar-refractivity contribution in [1.29, 1.82) is 0 Å². The standard InChI is InChI=1S/C9H11N5O2/c1-5-7(4-13-16-5)9(15)11-2-6-3-12-14-8(6)10/h3-4H,2H2,1H3,(H,11,15)(H3,10,12,14). The number of nitrogens with one attached hydrogen (secondary N) is 2. The van der Waals surface area contributed by atoms with Gasteiger partial charge in [0, 0.05) is 12.1 Å². The lowest BCUT2D eigenvalue weighted by Gasteiger charge is -2.02. The molecule has 2 rings (SSSR count). The van der Waals surface area contributed by atoms with Gasteiger partial charge in [-0.1, -0.05) is 5.16 Å². The number of H-pyrrole nitrogens is 1. The van der Waals surface area contributed by atoms with Gasteiger partial charge in [0.1, 0.15) is 17.1 Å². The van der Waals surface area contributed by atoms with E-state index in [0.717, 1.165) is 5.56 Å². The SMILES string of the molecule is Cc1oncc1C(=O)NCc1cn[nH]c1N. The number of aromatic nitrogens is 3. The number of carbonyl (C=O) groups excluding carboxylic acids is 1. The van der Waals surface area contributed by atoms with E-state index in [1.807, 2.05) is 0 Å². The molecule has 0 atom stereocenters. The molecule has 0 radical (unpaired) electrons. The van der Waals surface area contributed by atoms with E-state index in [-0.39, 0.29) is 5.91 Å². The first kappa shape index (κ1) is 10.2. The fraction of sp³-hybridized carbons (Fsp3) is 0.222. The summed E-state index contributed by atoms with van der Waals surface area (Å²) in [6.45, 7) is 1.99. The molecule has 0 bridgehead atoms. The summed E-state index contributed by atoms with van der Waals surface area (Å²) in [5.74, 6) is 0.680. The van der Waals surface area contributed by atoms with Crippen LogP contribution in [0.15, 0.2) is 16.9 Å². The summed E-state index contributed by atoms with van der Waals surface area (Å²) >= 11 is 0. The van der Waals surface area contributed by atoms with Crippen LogP contribution >= 0.6 is 0 Å². The van der Waals surface area contributed by atoms with Crippen molar-refractivity contribution in [3.05, 3.63) is 29.3 Å². The Balaban J connectivity index is 1.99. The molecule has 7 heteroatoms. The molecule has 2 aromatic heterocycles. The second-order valence-electron chi connectivity index (χ2n) is 3.29. The third-order valence-electron chi connectivity index (χ3n) is 2.19. The lowest BCUT2D eigenvalue weighted by molar-refractivity contribution is 0.0949. The van der Waals surface area contributed by atoms with E-state index in [1.54, 1.807) is 13.1 Å². The molecule has 7 nitrogen and oxygen atoms in total. The van der Waals surface area contributed by atoms with Crippen LogP contribution in [0.25, 0.3) is 0 Å². The van der Waals surface area contributed by atoms with Crippen LogP contribution in [0.1, 0.15) is 21.7 Å². The number of nitrogen functional groups attached to an aromatic ring is 1. The molecule has 16 heavy (non-hydrogen) atoms. The zero-order chi connectivity index (χ0) is 11.5. The van der Waals surface area contributed by atoms with Gasteiger partial charge in [0.05, 0.1) is 12.4 Å². The number of rotatable bonds is 3. The van der Waals surface area contributed by atoms with Crippen molar-refractivity contribution >= 4 is 11.7 Å². The van der Waals surface area contributed by atoms with Gasteiger partial charge in [0.15, 0.2) is 0 Å². The van der Waals surface area contributed by atoms with Crippen molar-refractivity contribution in [2.45, 2.75) is 13.5 Å². The first-order chi connectivity index (χ1) is 7.68. The minimum absolute atomic E-state index is 0.251. The highest BCUT2D eigenvalue weighted by atomic mass is 16.5. The molecule has 1 amide bonds. The minimum atomic E-state index is -0.251. The Morgan fingerprint density at radius 1 is 1.62 bits per heavy atom. The molecule has 2 aromatic rings. The quantitative estimate of drug-likeness (QED) is 0.686. The second-order valence-corrected chi connectivity index (χ2v) is 3.29. The first-order valence-electron chi connectivity index (χ1n) is 4.65. The van der Waals surface area contributed by atoms with Gasteiger partial charge in [-0.05, 0) is 6.92 Å². The van der Waals surface area contributed by atoms with E-state index in [1.165, 1.54) is 6.20 Å². The van der Waals surface area contributed by atoms with Gasteiger partial charge in [-0.3, -0.25) is 9.89 Å². The summed E-state index contributed by atoms with van der Waals surface area (Å²) in [5, 5.41) is 12.5. The van der Waals surface area contributed by atoms with E-state index < -0.39 is 0 Å². The van der Waals surface area contributed by atoms with Crippen molar-refractivity contribution < 1.29 is 9.32 Å². The molecule has 0 saturated carbocycles. The topological polar surface area (TPSA) is 110 Å². The van der Waals surface area contributed by atoms with E-state index in [4.69, 9.17) is 10.3 Å². The van der Waals surface area contributed by atoms with Crippen molar-refractivity contribution in [2.24, 2.45) is 0 Å². The number of anilines is 1. The maximum Gasteiger partial charge on any atom is 0.256 e. The highest BCUT2D eigenvalue weighted by Gasteiger charge is 2.12. The Morgan fingerprint density at radius 2 is 2.44 bits per heavy atom. The molecule has 0 aromatic carbocycles. The monoisotopic (exact) mass is 221 g/mol. The minimum Gasteiger partial charge on any atom is -0.384 e. The van der Waals surface area contributed by atoms with Gasteiger partial charge >= 0.3 is 0 Å². The van der Waals surface area contributed by atoms with Crippen molar-refractivity contribution in [2.75, 3.05) is 5.73 Å². The molecule has 0 aliphatic carbocycles. The smallest absolute Gasteiger partial charge is 0.256 e. The number of amides is 1. The maximum absolute atomic E-state index is 11.7. The third-order valence-corrected chi connectivity index (χ3v) is 2.19. The van der Waals surface area contributed by atoms with Crippen LogP contribution < -0.4 is 11.1 Å². The number of hydrogen-bond acceptors (Lipinski definition) is 5. The second kappa shape index (κ2) is 4.05. The maximum atomic E-state index is 11.7. The average molecular weight is 221 g/mol. The van der Waals surface area contributed by atoms with E-state index in [0.29, 0.717) is 23.7 Å². The van der Waals surface area contributed by atoms with Crippen molar-refractivity contribution in [3.63, 3.8) is 0 Å². The normalized spacial score (nSPS) is 10.3. The largest absolute Gasteiger partial charge is 0.384 e. The number of carbonyl (C=O) groups is 1. The van der Waals surface area contributed by atoms with Crippen LogP contribution in [0, 0.1) is 6.92 Å². The molecule has 84 valence electrons. The van der Waals surface area contributed by atoms with Crippen LogP contribution in [0.2, 0.25) is 0 Å². The molecule has 0 fully saturated rings. The number of hydrogen-bond donors (Lipinski definition) is 3. The highest BCUT2D eigenvalue weighted by molar-refractivity contribution is 5.94. The van der Waals surface area contributed by atoms with Gasteiger partial charge in [-0.15, -0.1) is 0 Å². The van der Waals surface area contributed by atoms with Gasteiger partial charge in [-0.2, -0.15) is 5.10 Å². The van der Waals surface area contributed by atoms with Gasteiger partial charge in [-0.25, -0.2) is 0 Å². The van der Waals surface area contributed by atoms with Crippen molar-refractivity contribution in [3.8, 4) is 0 Å². The predicted octanol–water partition coefficient (Wildman–Crippen LogP) is 0.218. The predicted molar refractivity (Wildman–Crippen MR) is 55.4 cm³/mol. The Kier molecular flexibility index (Phi) is 2.59. The molecular weight excluding hydrogens is 210 g/mol. The molecule has 0 saturated heterocycles. The van der Waals surface area contributed by atoms with Gasteiger partial charge in [0.2, 0.25) is 0 Å². The molecule has 0 spiro atoms. The van der Waals surface area contributed by atoms with Crippen molar-refractivity contribution in [1.82, 2.24) is 20.7 Å². The Hall–Kier alpha value is -2.31. The van der Waals surface area contributed by atoms with Gasteiger partial charge < -0.3 is 15.6 Å². The van der Waals surface area contributed by atoms with Crippen LogP contribution in [0.3, 0.4) is 0 Å². The number of aryl methyl sites for hydroxylation is 1. The van der Waals surface area contributed by atoms with Crippen LogP contribution in [0.5, 0.6) is 0 Å². The Labute approximate surface area is 91.0 Å². The fourth-order valence-electron chi connectivity index (χ4n) is 1.25. The van der Waals surface area contributed by atoms with E-state index in [2.05, 4.69) is 20.7 Å². The fourth-order valence-corrected chi connectivity index (χ4v) is 1.25. The summed E-state index contributed by atoms with van der Waals surface area (Å²) in [6, 6.07) is 0. The Bertz CT molecular complexity index is 501. The zero-order valence-electron chi connectivity index (χ0n) is 8.65. The summed E-state index contributed by atoms with van der Waals surface area (Å²) in [6.07, 6.45) is 2.94. The van der Waals surface area contributed by atoms with E-state index in [9.17, 15) is 4.79 Å². The molecule has 0 aliphatic heterocycles. The molecule has 4 N–H and O–H groups in total. The van der Waals surface area contributed by atoms with Crippen LogP contribution in [-0.4, -0.2) is 21.3 Å². The summed E-state index contributed by atoms with van der Waals surface area (Å²) in [5.41, 5.74) is 6.73. The third kappa shape index (κ3) is 1.88. The molecular formula is C9H11N5O2.